The van der Waals surface area contributed by atoms with Gasteiger partial charge in [-0.05, 0) is 24.3 Å². The number of hydrogen-bond acceptors (Lipinski definition) is 4. The van der Waals surface area contributed by atoms with E-state index in [1.165, 1.54) is 16.4 Å². The number of aromatic nitrogens is 5. The zero-order chi connectivity index (χ0) is 15.2. The highest BCUT2D eigenvalue weighted by Crippen LogP contribution is 2.36. The second-order valence-corrected chi connectivity index (χ2v) is 6.22. The molecule has 0 saturated heterocycles. The zero-order valence-electron chi connectivity index (χ0n) is 11.9. The minimum atomic E-state index is 0.759. The van der Waals surface area contributed by atoms with Gasteiger partial charge in [0.15, 0.2) is 5.82 Å². The first-order valence-electron chi connectivity index (χ1n) is 7.20. The first kappa shape index (κ1) is 12.5. The Bertz CT molecular complexity index is 1120. The summed E-state index contributed by atoms with van der Waals surface area (Å²) in [4.78, 5) is 4.22. The highest BCUT2D eigenvalue weighted by atomic mass is 32.1. The van der Waals surface area contributed by atoms with Crippen LogP contribution >= 0.6 is 11.3 Å². The van der Waals surface area contributed by atoms with Crippen LogP contribution in [0.3, 0.4) is 0 Å². The summed E-state index contributed by atoms with van der Waals surface area (Å²) in [6.45, 7) is 0. The molecule has 0 atom stereocenters. The van der Waals surface area contributed by atoms with Crippen molar-refractivity contribution in [3.8, 4) is 22.6 Å². The molecule has 0 bridgehead atoms. The third kappa shape index (κ3) is 1.89. The summed E-state index contributed by atoms with van der Waals surface area (Å²) in [6.07, 6.45) is 1.52. The van der Waals surface area contributed by atoms with Crippen molar-refractivity contribution in [2.24, 2.45) is 0 Å². The van der Waals surface area contributed by atoms with E-state index in [9.17, 15) is 0 Å². The topological polar surface area (TPSA) is 70.2 Å². The first-order valence-corrected chi connectivity index (χ1v) is 8.08. The van der Waals surface area contributed by atoms with Crippen LogP contribution in [0.4, 0.5) is 0 Å². The first-order chi connectivity index (χ1) is 11.4. The van der Waals surface area contributed by atoms with Gasteiger partial charge in [0.1, 0.15) is 12.0 Å². The van der Waals surface area contributed by atoms with Crippen molar-refractivity contribution >= 4 is 32.3 Å². The third-order valence-electron chi connectivity index (χ3n) is 3.99. The van der Waals surface area contributed by atoms with Gasteiger partial charge in [0.05, 0.1) is 5.52 Å². The molecule has 0 radical (unpaired) electrons. The van der Waals surface area contributed by atoms with Crippen molar-refractivity contribution in [1.29, 1.82) is 0 Å². The summed E-state index contributed by atoms with van der Waals surface area (Å²) < 4.78 is 1.27. The van der Waals surface area contributed by atoms with Crippen LogP contribution in [0.2, 0.25) is 0 Å². The molecule has 0 amide bonds. The van der Waals surface area contributed by atoms with E-state index in [0.29, 0.717) is 0 Å². The number of fused-ring (bicyclic) bond motifs is 2. The van der Waals surface area contributed by atoms with Crippen LogP contribution in [0.25, 0.3) is 43.6 Å². The molecule has 0 aliphatic rings. The van der Waals surface area contributed by atoms with E-state index >= 15 is 0 Å². The molecule has 3 aromatic heterocycles. The molecule has 5 rings (SSSR count). The van der Waals surface area contributed by atoms with E-state index in [1.54, 1.807) is 11.3 Å². The molecule has 0 fully saturated rings. The second-order valence-electron chi connectivity index (χ2n) is 5.31. The molecule has 0 aliphatic heterocycles. The van der Waals surface area contributed by atoms with Gasteiger partial charge in [-0.3, -0.25) is 10.2 Å². The molecule has 5 nitrogen and oxygen atoms in total. The number of nitrogens with zero attached hydrogens (tertiary/aromatic N) is 3. The summed E-state index contributed by atoms with van der Waals surface area (Å²) in [5, 5.41) is 19.0. The zero-order valence-corrected chi connectivity index (χ0v) is 12.8. The summed E-state index contributed by atoms with van der Waals surface area (Å²) in [5.41, 5.74) is 4.14. The Balaban J connectivity index is 1.77. The molecule has 6 heteroatoms. The number of aromatic amines is 2. The molecule has 0 unspecified atom stereocenters. The monoisotopic (exact) mass is 317 g/mol. The molecular formula is C17H11N5S. The van der Waals surface area contributed by atoms with Crippen molar-refractivity contribution in [2.75, 3.05) is 0 Å². The molecule has 0 aliphatic carbocycles. The van der Waals surface area contributed by atoms with E-state index in [0.717, 1.165) is 33.5 Å². The van der Waals surface area contributed by atoms with Gasteiger partial charge in [-0.25, -0.2) is 4.98 Å². The fourth-order valence-corrected chi connectivity index (χ4v) is 3.82. The Morgan fingerprint density at radius 3 is 2.83 bits per heavy atom. The van der Waals surface area contributed by atoms with Crippen LogP contribution in [0.5, 0.6) is 0 Å². The van der Waals surface area contributed by atoms with E-state index in [-0.39, 0.29) is 0 Å². The van der Waals surface area contributed by atoms with Crippen LogP contribution in [0, 0.1) is 0 Å². The van der Waals surface area contributed by atoms with E-state index < -0.39 is 0 Å². The average Bonchev–Trinajstić information content (AvgIpc) is 3.32. The lowest BCUT2D eigenvalue weighted by molar-refractivity contribution is 1.10. The highest BCUT2D eigenvalue weighted by molar-refractivity contribution is 7.17. The number of hydrogen-bond donors (Lipinski definition) is 2. The largest absolute Gasteiger partial charge is 0.277 e. The summed E-state index contributed by atoms with van der Waals surface area (Å²) in [7, 11) is 0. The molecule has 0 spiro atoms. The maximum absolute atomic E-state index is 4.55. The lowest BCUT2D eigenvalue weighted by atomic mass is 10.0. The van der Waals surface area contributed by atoms with Gasteiger partial charge in [0.2, 0.25) is 0 Å². The van der Waals surface area contributed by atoms with E-state index in [2.05, 4.69) is 61.1 Å². The number of rotatable bonds is 2. The van der Waals surface area contributed by atoms with Crippen molar-refractivity contribution in [3.63, 3.8) is 0 Å². The minimum absolute atomic E-state index is 0.759. The molecule has 3 heterocycles. The molecular weight excluding hydrogens is 306 g/mol. The molecule has 2 aromatic carbocycles. The fourth-order valence-electron chi connectivity index (χ4n) is 2.87. The molecule has 2 N–H and O–H groups in total. The van der Waals surface area contributed by atoms with Gasteiger partial charge in [-0.2, -0.15) is 10.2 Å². The Hall–Kier alpha value is -2.99. The third-order valence-corrected chi connectivity index (χ3v) is 4.95. The van der Waals surface area contributed by atoms with Gasteiger partial charge < -0.3 is 0 Å². The van der Waals surface area contributed by atoms with Crippen molar-refractivity contribution < 1.29 is 0 Å². The van der Waals surface area contributed by atoms with Gasteiger partial charge >= 0.3 is 0 Å². The Kier molecular flexibility index (Phi) is 2.59. The van der Waals surface area contributed by atoms with Crippen LogP contribution in [-0.4, -0.2) is 25.4 Å². The quantitative estimate of drug-likeness (QED) is 0.512. The molecule has 23 heavy (non-hydrogen) atoms. The number of H-pyrrole nitrogens is 2. The van der Waals surface area contributed by atoms with Gasteiger partial charge in [0, 0.05) is 32.0 Å². The summed E-state index contributed by atoms with van der Waals surface area (Å²) in [6, 6.07) is 14.5. The summed E-state index contributed by atoms with van der Waals surface area (Å²) in [5.74, 6) is 0.759. The SMILES string of the molecule is c1ccc2c(-c3n[nH]c4ccc(-c5ncn[nH]5)cc34)csc2c1. The number of thiophene rings is 1. The normalized spacial score (nSPS) is 11.5. The molecule has 5 aromatic rings. The average molecular weight is 317 g/mol. The predicted molar refractivity (Wildman–Crippen MR) is 92.3 cm³/mol. The van der Waals surface area contributed by atoms with Crippen molar-refractivity contribution in [1.82, 2.24) is 25.4 Å². The minimum Gasteiger partial charge on any atom is -0.277 e. The van der Waals surface area contributed by atoms with Gasteiger partial charge in [-0.15, -0.1) is 11.3 Å². The highest BCUT2D eigenvalue weighted by Gasteiger charge is 2.14. The molecule has 0 saturated carbocycles. The Labute approximate surface area is 135 Å². The number of benzene rings is 2. The van der Waals surface area contributed by atoms with Crippen molar-refractivity contribution in [3.05, 3.63) is 54.2 Å². The maximum Gasteiger partial charge on any atom is 0.155 e. The lowest BCUT2D eigenvalue weighted by Gasteiger charge is -1.99. The van der Waals surface area contributed by atoms with E-state index in [4.69, 9.17) is 0 Å². The standard InChI is InChI=1S/C17H11N5S/c1-2-4-15-11(3-1)13(8-23-15)16-12-7-10(17-18-9-19-22-17)5-6-14(12)20-21-16/h1-9H,(H,20,21)(H,18,19,22). The molecule has 110 valence electrons. The van der Waals surface area contributed by atoms with Crippen LogP contribution < -0.4 is 0 Å². The smallest absolute Gasteiger partial charge is 0.155 e. The Morgan fingerprint density at radius 1 is 0.957 bits per heavy atom. The van der Waals surface area contributed by atoms with Crippen LogP contribution in [0.1, 0.15) is 0 Å². The predicted octanol–water partition coefficient (Wildman–Crippen LogP) is 4.23. The summed E-state index contributed by atoms with van der Waals surface area (Å²) >= 11 is 1.74. The second kappa shape index (κ2) is 4.76. The Morgan fingerprint density at radius 2 is 1.91 bits per heavy atom. The van der Waals surface area contributed by atoms with Crippen molar-refractivity contribution in [2.45, 2.75) is 0 Å². The van der Waals surface area contributed by atoms with E-state index in [1.807, 2.05) is 12.1 Å². The van der Waals surface area contributed by atoms with Crippen LogP contribution in [0.15, 0.2) is 54.2 Å². The number of nitrogens with one attached hydrogen (secondary N) is 2. The fraction of sp³-hybridized carbons (Fsp3) is 0. The van der Waals surface area contributed by atoms with Gasteiger partial charge in [0.25, 0.3) is 0 Å². The van der Waals surface area contributed by atoms with Crippen LogP contribution in [-0.2, 0) is 0 Å². The van der Waals surface area contributed by atoms with Gasteiger partial charge in [-0.1, -0.05) is 18.2 Å². The lowest BCUT2D eigenvalue weighted by Crippen LogP contribution is -1.81. The maximum atomic E-state index is 4.55.